The summed E-state index contributed by atoms with van der Waals surface area (Å²) in [6, 6.07) is -1.25. The molecular weight excluding hydrogens is 256 g/mol. The van der Waals surface area contributed by atoms with Gasteiger partial charge in [0.25, 0.3) is 0 Å². The molecule has 1 saturated heterocycles. The predicted octanol–water partition coefficient (Wildman–Crippen LogP) is 1.37. The number of nitrogens with zero attached hydrogens (tertiary/aromatic N) is 2. The Hall–Kier alpha value is -1.99. The number of hydrogen-bond acceptors (Lipinski definition) is 4. The molecule has 1 aliphatic heterocycles. The monoisotopic (exact) mass is 274 g/mol. The number of aliphatic carboxylic acids is 1. The van der Waals surface area contributed by atoms with Crippen LogP contribution in [0.3, 0.4) is 0 Å². The number of hydrogen-bond donors (Lipinski definition) is 2. The standard InChI is InChI=1S/C11H18N2O6/c1-2-3-7-19-11(18)12-6-4-5-8(9(14)15)13(12)10(16)17/h8H,2-7H2,1H3,(H,14,15)(H,16,17)/t8-/m0/s1. The van der Waals surface area contributed by atoms with Gasteiger partial charge >= 0.3 is 18.2 Å². The molecule has 2 N–H and O–H groups in total. The van der Waals surface area contributed by atoms with E-state index in [1.54, 1.807) is 0 Å². The molecule has 8 nitrogen and oxygen atoms in total. The fourth-order valence-electron chi connectivity index (χ4n) is 1.85. The second-order valence-electron chi connectivity index (χ2n) is 4.21. The van der Waals surface area contributed by atoms with Crippen LogP contribution in [0, 0.1) is 0 Å². The highest BCUT2D eigenvalue weighted by atomic mass is 16.6. The van der Waals surface area contributed by atoms with Crippen molar-refractivity contribution in [1.82, 2.24) is 10.0 Å². The van der Waals surface area contributed by atoms with Crippen LogP contribution in [0.25, 0.3) is 0 Å². The van der Waals surface area contributed by atoms with E-state index in [4.69, 9.17) is 14.9 Å². The first-order chi connectivity index (χ1) is 8.99. The highest BCUT2D eigenvalue weighted by Crippen LogP contribution is 2.19. The lowest BCUT2D eigenvalue weighted by Gasteiger charge is -2.39. The van der Waals surface area contributed by atoms with Crippen molar-refractivity contribution in [2.45, 2.75) is 38.6 Å². The number of unbranched alkanes of at least 4 members (excludes halogenated alkanes) is 1. The van der Waals surface area contributed by atoms with Gasteiger partial charge in [-0.3, -0.25) is 0 Å². The number of amides is 2. The van der Waals surface area contributed by atoms with E-state index in [9.17, 15) is 14.4 Å². The Morgan fingerprint density at radius 3 is 2.53 bits per heavy atom. The molecule has 2 amide bonds. The van der Waals surface area contributed by atoms with E-state index in [-0.39, 0.29) is 19.6 Å². The summed E-state index contributed by atoms with van der Waals surface area (Å²) in [7, 11) is 0. The van der Waals surface area contributed by atoms with E-state index < -0.39 is 24.2 Å². The molecule has 0 saturated carbocycles. The quantitative estimate of drug-likeness (QED) is 0.749. The predicted molar refractivity (Wildman–Crippen MR) is 63.5 cm³/mol. The van der Waals surface area contributed by atoms with Gasteiger partial charge < -0.3 is 14.9 Å². The molecule has 19 heavy (non-hydrogen) atoms. The maximum atomic E-state index is 11.8. The SMILES string of the molecule is CCCCOC(=O)N1CCC[C@@H](C(=O)O)N1C(=O)O. The molecule has 0 aliphatic carbocycles. The molecule has 108 valence electrons. The van der Waals surface area contributed by atoms with Crippen molar-refractivity contribution < 1.29 is 29.3 Å². The van der Waals surface area contributed by atoms with E-state index in [0.717, 1.165) is 11.4 Å². The lowest BCUT2D eigenvalue weighted by Crippen LogP contribution is -2.59. The van der Waals surface area contributed by atoms with Crippen molar-refractivity contribution >= 4 is 18.2 Å². The fourth-order valence-corrected chi connectivity index (χ4v) is 1.85. The third-order valence-corrected chi connectivity index (χ3v) is 2.82. The van der Waals surface area contributed by atoms with Gasteiger partial charge in [0.05, 0.1) is 6.61 Å². The maximum Gasteiger partial charge on any atom is 0.428 e. The van der Waals surface area contributed by atoms with Gasteiger partial charge in [-0.15, -0.1) is 0 Å². The Morgan fingerprint density at radius 1 is 1.32 bits per heavy atom. The van der Waals surface area contributed by atoms with Gasteiger partial charge in [0.2, 0.25) is 0 Å². The Labute approximate surface area is 110 Å². The highest BCUT2D eigenvalue weighted by molar-refractivity contribution is 5.81. The van der Waals surface area contributed by atoms with Gasteiger partial charge in [-0.05, 0) is 19.3 Å². The molecule has 1 atom stereocenters. The second-order valence-corrected chi connectivity index (χ2v) is 4.21. The number of hydrazine groups is 1. The van der Waals surface area contributed by atoms with Gasteiger partial charge in [0.1, 0.15) is 0 Å². The van der Waals surface area contributed by atoms with Crippen molar-refractivity contribution in [1.29, 1.82) is 0 Å². The van der Waals surface area contributed by atoms with E-state index >= 15 is 0 Å². The van der Waals surface area contributed by atoms with Gasteiger partial charge in [-0.25, -0.2) is 19.4 Å². The number of ether oxygens (including phenoxy) is 1. The van der Waals surface area contributed by atoms with Crippen LogP contribution in [0.1, 0.15) is 32.6 Å². The number of carboxylic acid groups (broad SMARTS) is 2. The second kappa shape index (κ2) is 6.81. The minimum atomic E-state index is -1.47. The summed E-state index contributed by atoms with van der Waals surface area (Å²) in [5.41, 5.74) is 0. The van der Waals surface area contributed by atoms with Gasteiger partial charge in [-0.2, -0.15) is 5.01 Å². The number of rotatable bonds is 4. The molecule has 0 aromatic carbocycles. The van der Waals surface area contributed by atoms with Crippen molar-refractivity contribution in [3.05, 3.63) is 0 Å². The molecule has 0 aromatic heterocycles. The third-order valence-electron chi connectivity index (χ3n) is 2.82. The number of carbonyl (C=O) groups excluding carboxylic acids is 1. The minimum Gasteiger partial charge on any atom is -0.480 e. The molecule has 0 aromatic rings. The molecule has 1 fully saturated rings. The summed E-state index contributed by atoms with van der Waals surface area (Å²) in [6.45, 7) is 2.26. The zero-order valence-corrected chi connectivity index (χ0v) is 10.7. The normalized spacial score (nSPS) is 19.1. The van der Waals surface area contributed by atoms with Gasteiger partial charge in [0, 0.05) is 6.54 Å². The largest absolute Gasteiger partial charge is 0.480 e. The number of carbonyl (C=O) groups is 3. The van der Waals surface area contributed by atoms with Crippen LogP contribution < -0.4 is 0 Å². The summed E-state index contributed by atoms with van der Waals surface area (Å²) in [4.78, 5) is 33.9. The van der Waals surface area contributed by atoms with Gasteiger partial charge in [0.15, 0.2) is 6.04 Å². The zero-order chi connectivity index (χ0) is 14.4. The molecule has 1 heterocycles. The van der Waals surface area contributed by atoms with Crippen LogP contribution in [0.15, 0.2) is 0 Å². The van der Waals surface area contributed by atoms with E-state index in [1.165, 1.54) is 0 Å². The Morgan fingerprint density at radius 2 is 2.00 bits per heavy atom. The minimum absolute atomic E-state index is 0.140. The smallest absolute Gasteiger partial charge is 0.428 e. The van der Waals surface area contributed by atoms with Crippen LogP contribution in [-0.2, 0) is 9.53 Å². The van der Waals surface area contributed by atoms with E-state index in [0.29, 0.717) is 17.9 Å². The molecule has 1 rings (SSSR count). The van der Waals surface area contributed by atoms with Crippen LogP contribution in [0.4, 0.5) is 9.59 Å². The Bertz CT molecular complexity index is 359. The summed E-state index contributed by atoms with van der Waals surface area (Å²) in [5, 5.41) is 19.4. The topological polar surface area (TPSA) is 107 Å². The van der Waals surface area contributed by atoms with Gasteiger partial charge in [-0.1, -0.05) is 13.3 Å². The molecule has 8 heteroatoms. The van der Waals surface area contributed by atoms with E-state index in [2.05, 4.69) is 0 Å². The highest BCUT2D eigenvalue weighted by Gasteiger charge is 2.40. The third kappa shape index (κ3) is 3.73. The first kappa shape index (κ1) is 15.1. The zero-order valence-electron chi connectivity index (χ0n) is 10.7. The molecule has 0 unspecified atom stereocenters. The van der Waals surface area contributed by atoms with Crippen molar-refractivity contribution in [3.63, 3.8) is 0 Å². The first-order valence-electron chi connectivity index (χ1n) is 6.18. The lowest BCUT2D eigenvalue weighted by molar-refractivity contribution is -0.152. The first-order valence-corrected chi connectivity index (χ1v) is 6.18. The molecule has 0 bridgehead atoms. The Kier molecular flexibility index (Phi) is 5.40. The van der Waals surface area contributed by atoms with Crippen LogP contribution in [0.2, 0.25) is 0 Å². The summed E-state index contributed by atoms with van der Waals surface area (Å²) in [5.74, 6) is -1.27. The van der Waals surface area contributed by atoms with Crippen molar-refractivity contribution in [2.75, 3.05) is 13.2 Å². The number of carboxylic acids is 1. The molecule has 0 spiro atoms. The lowest BCUT2D eigenvalue weighted by atomic mass is 10.1. The molecule has 0 radical (unpaired) electrons. The fraction of sp³-hybridized carbons (Fsp3) is 0.727. The summed E-state index contributed by atoms with van der Waals surface area (Å²) >= 11 is 0. The van der Waals surface area contributed by atoms with Crippen LogP contribution >= 0.6 is 0 Å². The van der Waals surface area contributed by atoms with E-state index in [1.807, 2.05) is 6.92 Å². The molecule has 1 aliphatic rings. The maximum absolute atomic E-state index is 11.8. The van der Waals surface area contributed by atoms with Crippen LogP contribution in [-0.4, -0.2) is 57.6 Å². The van der Waals surface area contributed by atoms with Crippen molar-refractivity contribution in [2.24, 2.45) is 0 Å². The average molecular weight is 274 g/mol. The summed E-state index contributed by atoms with van der Waals surface area (Å²) < 4.78 is 4.92. The molecular formula is C11H18N2O6. The van der Waals surface area contributed by atoms with Crippen LogP contribution in [0.5, 0.6) is 0 Å². The average Bonchev–Trinajstić information content (AvgIpc) is 2.37. The Balaban J connectivity index is 2.75. The summed E-state index contributed by atoms with van der Waals surface area (Å²) in [6.07, 6.45) is -0.173. The van der Waals surface area contributed by atoms with Crippen molar-refractivity contribution in [3.8, 4) is 0 Å².